The molecule has 1 fully saturated rings. The van der Waals surface area contributed by atoms with Gasteiger partial charge in [-0.3, -0.25) is 4.79 Å². The second-order valence-corrected chi connectivity index (χ2v) is 5.07. The molecule has 1 saturated heterocycles. The van der Waals surface area contributed by atoms with Gasteiger partial charge in [-0.1, -0.05) is 13.8 Å². The number of likely N-dealkylation sites (tertiary alicyclic amines) is 1. The second kappa shape index (κ2) is 5.35. The minimum Gasteiger partial charge on any atom is -0.338 e. The molecule has 0 radical (unpaired) electrons. The smallest absolute Gasteiger partial charge is 0.254 e. The highest BCUT2D eigenvalue weighted by molar-refractivity contribution is 5.94. The Kier molecular flexibility index (Phi) is 3.81. The number of carbonyl (C=O) groups is 1. The fraction of sp³-hybridized carbons (Fsp3) is 0.538. The molecular weight excluding hydrogens is 228 g/mol. The van der Waals surface area contributed by atoms with Gasteiger partial charge in [0.05, 0.1) is 0 Å². The summed E-state index contributed by atoms with van der Waals surface area (Å²) in [5.74, 6) is 7.12. The van der Waals surface area contributed by atoms with E-state index in [1.807, 2.05) is 4.90 Å². The molecule has 0 spiro atoms. The SMILES string of the molecule is CC1CCN(C(=O)c2ccnc(NN)c2)CC1C. The molecule has 18 heavy (non-hydrogen) atoms. The number of anilines is 1. The van der Waals surface area contributed by atoms with Crippen LogP contribution in [0.15, 0.2) is 18.3 Å². The number of pyridine rings is 1. The molecule has 2 heterocycles. The molecule has 2 unspecified atom stereocenters. The van der Waals surface area contributed by atoms with Crippen molar-refractivity contribution >= 4 is 11.7 Å². The average molecular weight is 248 g/mol. The first-order valence-corrected chi connectivity index (χ1v) is 6.33. The van der Waals surface area contributed by atoms with Gasteiger partial charge in [0, 0.05) is 24.8 Å². The highest BCUT2D eigenvalue weighted by Gasteiger charge is 2.26. The first kappa shape index (κ1) is 12.8. The Morgan fingerprint density at radius 1 is 1.50 bits per heavy atom. The lowest BCUT2D eigenvalue weighted by Gasteiger charge is -2.35. The van der Waals surface area contributed by atoms with Crippen LogP contribution in [-0.2, 0) is 0 Å². The minimum absolute atomic E-state index is 0.0626. The molecule has 2 atom stereocenters. The van der Waals surface area contributed by atoms with Crippen LogP contribution in [0.5, 0.6) is 0 Å². The number of nitrogens with two attached hydrogens (primary N) is 1. The molecule has 1 amide bonds. The van der Waals surface area contributed by atoms with Gasteiger partial charge in [-0.2, -0.15) is 0 Å². The zero-order valence-corrected chi connectivity index (χ0v) is 10.9. The van der Waals surface area contributed by atoms with Gasteiger partial charge in [0.25, 0.3) is 5.91 Å². The Morgan fingerprint density at radius 2 is 2.28 bits per heavy atom. The summed E-state index contributed by atoms with van der Waals surface area (Å²) in [6.45, 7) is 6.10. The van der Waals surface area contributed by atoms with Crippen molar-refractivity contribution in [1.82, 2.24) is 9.88 Å². The van der Waals surface area contributed by atoms with Crippen LogP contribution in [0, 0.1) is 11.8 Å². The summed E-state index contributed by atoms with van der Waals surface area (Å²) < 4.78 is 0. The van der Waals surface area contributed by atoms with Crippen molar-refractivity contribution in [3.8, 4) is 0 Å². The Balaban J connectivity index is 2.11. The molecule has 1 aliphatic rings. The van der Waals surface area contributed by atoms with Crippen LogP contribution in [0.25, 0.3) is 0 Å². The standard InChI is InChI=1S/C13H20N4O/c1-9-4-6-17(8-10(9)2)13(18)11-3-5-15-12(7-11)16-14/h3,5,7,9-10H,4,6,8,14H2,1-2H3,(H,15,16). The van der Waals surface area contributed by atoms with Gasteiger partial charge >= 0.3 is 0 Å². The number of amides is 1. The molecule has 5 heteroatoms. The third kappa shape index (κ3) is 2.61. The van der Waals surface area contributed by atoms with Crippen molar-refractivity contribution < 1.29 is 4.79 Å². The van der Waals surface area contributed by atoms with E-state index < -0.39 is 0 Å². The molecule has 1 aromatic heterocycles. The van der Waals surface area contributed by atoms with E-state index in [1.54, 1.807) is 18.3 Å². The lowest BCUT2D eigenvalue weighted by molar-refractivity contribution is 0.0627. The molecule has 1 aromatic rings. The van der Waals surface area contributed by atoms with Crippen LogP contribution >= 0.6 is 0 Å². The number of carbonyl (C=O) groups excluding carboxylic acids is 1. The molecule has 0 aromatic carbocycles. The molecule has 5 nitrogen and oxygen atoms in total. The van der Waals surface area contributed by atoms with E-state index in [0.29, 0.717) is 23.2 Å². The van der Waals surface area contributed by atoms with Gasteiger partial charge in [0.15, 0.2) is 0 Å². The third-order valence-electron chi connectivity index (χ3n) is 3.78. The van der Waals surface area contributed by atoms with Crippen LogP contribution in [0.2, 0.25) is 0 Å². The molecule has 98 valence electrons. The number of hydrogen-bond acceptors (Lipinski definition) is 4. The predicted octanol–water partition coefficient (Wildman–Crippen LogP) is 1.49. The van der Waals surface area contributed by atoms with Crippen LogP contribution in [0.3, 0.4) is 0 Å². The van der Waals surface area contributed by atoms with E-state index in [1.165, 1.54) is 0 Å². The van der Waals surface area contributed by atoms with E-state index in [9.17, 15) is 4.79 Å². The number of nitrogen functional groups attached to an aromatic ring is 1. The average Bonchev–Trinajstić information content (AvgIpc) is 2.41. The van der Waals surface area contributed by atoms with Crippen LogP contribution in [-0.4, -0.2) is 28.9 Å². The van der Waals surface area contributed by atoms with Crippen molar-refractivity contribution in [3.05, 3.63) is 23.9 Å². The minimum atomic E-state index is 0.0626. The molecule has 0 bridgehead atoms. The fourth-order valence-corrected chi connectivity index (χ4v) is 2.27. The first-order chi connectivity index (χ1) is 8.61. The quantitative estimate of drug-likeness (QED) is 0.614. The predicted molar refractivity (Wildman–Crippen MR) is 70.9 cm³/mol. The normalized spacial score (nSPS) is 23.8. The van der Waals surface area contributed by atoms with Crippen molar-refractivity contribution in [2.45, 2.75) is 20.3 Å². The second-order valence-electron chi connectivity index (χ2n) is 5.07. The summed E-state index contributed by atoms with van der Waals surface area (Å²) >= 11 is 0. The molecule has 3 N–H and O–H groups in total. The van der Waals surface area contributed by atoms with E-state index >= 15 is 0 Å². The van der Waals surface area contributed by atoms with E-state index in [0.717, 1.165) is 19.5 Å². The fourth-order valence-electron chi connectivity index (χ4n) is 2.27. The highest BCUT2D eigenvalue weighted by Crippen LogP contribution is 2.23. The zero-order chi connectivity index (χ0) is 13.1. The van der Waals surface area contributed by atoms with E-state index in [2.05, 4.69) is 24.3 Å². The van der Waals surface area contributed by atoms with Gasteiger partial charge in [-0.15, -0.1) is 0 Å². The number of nitrogens with one attached hydrogen (secondary N) is 1. The van der Waals surface area contributed by atoms with Crippen molar-refractivity contribution in [3.63, 3.8) is 0 Å². The number of nitrogens with zero attached hydrogens (tertiary/aromatic N) is 2. The lowest BCUT2D eigenvalue weighted by Crippen LogP contribution is -2.42. The number of aromatic nitrogens is 1. The first-order valence-electron chi connectivity index (χ1n) is 6.33. The Bertz CT molecular complexity index is 435. The topological polar surface area (TPSA) is 71.2 Å². The van der Waals surface area contributed by atoms with Crippen molar-refractivity contribution in [2.75, 3.05) is 18.5 Å². The summed E-state index contributed by atoms with van der Waals surface area (Å²) in [5.41, 5.74) is 3.10. The van der Waals surface area contributed by atoms with Crippen LogP contribution in [0.4, 0.5) is 5.82 Å². The van der Waals surface area contributed by atoms with Gasteiger partial charge in [0.2, 0.25) is 0 Å². The number of rotatable bonds is 2. The number of hydrazine groups is 1. The molecule has 1 aliphatic heterocycles. The number of hydrogen-bond donors (Lipinski definition) is 2. The molecule has 0 aliphatic carbocycles. The Labute approximate surface area is 107 Å². The van der Waals surface area contributed by atoms with Gasteiger partial charge < -0.3 is 10.3 Å². The summed E-state index contributed by atoms with van der Waals surface area (Å²) in [6, 6.07) is 3.41. The van der Waals surface area contributed by atoms with E-state index in [-0.39, 0.29) is 5.91 Å². The third-order valence-corrected chi connectivity index (χ3v) is 3.78. The largest absolute Gasteiger partial charge is 0.338 e. The molecule has 2 rings (SSSR count). The summed E-state index contributed by atoms with van der Waals surface area (Å²) in [7, 11) is 0. The van der Waals surface area contributed by atoms with Crippen molar-refractivity contribution in [2.24, 2.45) is 17.7 Å². The van der Waals surface area contributed by atoms with Crippen LogP contribution in [0.1, 0.15) is 30.6 Å². The van der Waals surface area contributed by atoms with Crippen LogP contribution < -0.4 is 11.3 Å². The highest BCUT2D eigenvalue weighted by atomic mass is 16.2. The van der Waals surface area contributed by atoms with Gasteiger partial charge in [-0.05, 0) is 30.4 Å². The Hall–Kier alpha value is -1.62. The summed E-state index contributed by atoms with van der Waals surface area (Å²) in [5, 5.41) is 0. The van der Waals surface area contributed by atoms with Crippen molar-refractivity contribution in [1.29, 1.82) is 0 Å². The lowest BCUT2D eigenvalue weighted by atomic mass is 9.88. The maximum absolute atomic E-state index is 12.3. The van der Waals surface area contributed by atoms with Gasteiger partial charge in [-0.25, -0.2) is 10.8 Å². The molecule has 0 saturated carbocycles. The zero-order valence-electron chi connectivity index (χ0n) is 10.9. The Morgan fingerprint density at radius 3 is 2.94 bits per heavy atom. The maximum atomic E-state index is 12.3. The monoisotopic (exact) mass is 248 g/mol. The number of piperidine rings is 1. The molecular formula is C13H20N4O. The summed E-state index contributed by atoms with van der Waals surface area (Å²) in [4.78, 5) is 18.3. The van der Waals surface area contributed by atoms with E-state index in [4.69, 9.17) is 5.84 Å². The van der Waals surface area contributed by atoms with Gasteiger partial charge in [0.1, 0.15) is 5.82 Å². The summed E-state index contributed by atoms with van der Waals surface area (Å²) in [6.07, 6.45) is 2.67. The maximum Gasteiger partial charge on any atom is 0.254 e.